The van der Waals surface area contributed by atoms with E-state index in [2.05, 4.69) is 10.3 Å². The molecule has 0 fully saturated rings. The average Bonchev–Trinajstić information content (AvgIpc) is 2.37. The van der Waals surface area contributed by atoms with Crippen LogP contribution in [-0.2, 0) is 14.6 Å². The van der Waals surface area contributed by atoms with Gasteiger partial charge >= 0.3 is 6.09 Å². The molecule has 0 aromatic heterocycles. The van der Waals surface area contributed by atoms with E-state index in [0.29, 0.717) is 32.0 Å². The Bertz CT molecular complexity index is 494. The van der Waals surface area contributed by atoms with Crippen LogP contribution in [0.2, 0.25) is 0 Å². The summed E-state index contributed by atoms with van der Waals surface area (Å²) in [6.07, 6.45) is -0.377. The fraction of sp³-hybridized carbons (Fsp3) is 0.846. The topological polar surface area (TPSA) is 88.1 Å². The maximum atomic E-state index is 12.0. The zero-order valence-electron chi connectivity index (χ0n) is 13.2. The Morgan fingerprint density at radius 2 is 2.10 bits per heavy atom. The van der Waals surface area contributed by atoms with Gasteiger partial charge in [-0.25, -0.2) is 13.2 Å². The standard InChI is InChI=1S/C13H25N3O4S/c1-5-21(18,19)9-7-15-11-10-16(8-6-14-11)12(17)20-13(2,3)4/h5-10H2,1-4H3,(H,14,15). The van der Waals surface area contributed by atoms with Gasteiger partial charge in [0.2, 0.25) is 0 Å². The van der Waals surface area contributed by atoms with Gasteiger partial charge < -0.3 is 10.1 Å². The van der Waals surface area contributed by atoms with Crippen LogP contribution in [0.1, 0.15) is 27.7 Å². The van der Waals surface area contributed by atoms with Crippen molar-refractivity contribution >= 4 is 21.8 Å². The molecule has 0 saturated carbocycles. The highest BCUT2D eigenvalue weighted by Crippen LogP contribution is 2.10. The fourth-order valence-electron chi connectivity index (χ4n) is 1.70. The van der Waals surface area contributed by atoms with Crippen molar-refractivity contribution in [2.24, 2.45) is 4.99 Å². The zero-order chi connectivity index (χ0) is 16.1. The number of amides is 1. The van der Waals surface area contributed by atoms with Gasteiger partial charge in [-0.3, -0.25) is 9.89 Å². The van der Waals surface area contributed by atoms with Gasteiger partial charge in [0.05, 0.1) is 18.8 Å². The first-order chi connectivity index (χ1) is 9.63. The van der Waals surface area contributed by atoms with Crippen LogP contribution in [0.4, 0.5) is 4.79 Å². The molecule has 0 unspecified atom stereocenters. The predicted octanol–water partition coefficient (Wildman–Crippen LogP) is 0.660. The van der Waals surface area contributed by atoms with E-state index in [9.17, 15) is 13.2 Å². The summed E-state index contributed by atoms with van der Waals surface area (Å²) in [5.41, 5.74) is -0.533. The molecular formula is C13H25N3O4S. The molecule has 1 rings (SSSR count). The molecule has 0 spiro atoms. The highest BCUT2D eigenvalue weighted by molar-refractivity contribution is 7.91. The minimum absolute atomic E-state index is 0.0644. The number of hydrogen-bond acceptors (Lipinski definition) is 6. The molecule has 0 atom stereocenters. The number of ether oxygens (including phenoxy) is 1. The van der Waals surface area contributed by atoms with E-state index in [1.807, 2.05) is 20.8 Å². The van der Waals surface area contributed by atoms with Gasteiger partial charge in [-0.05, 0) is 20.8 Å². The second kappa shape index (κ2) is 7.11. The number of rotatable bonds is 4. The summed E-state index contributed by atoms with van der Waals surface area (Å²) < 4.78 is 28.1. The fourth-order valence-corrected chi connectivity index (χ4v) is 2.41. The van der Waals surface area contributed by atoms with Crippen molar-refractivity contribution in [3.63, 3.8) is 0 Å². The first kappa shape index (κ1) is 17.7. The monoisotopic (exact) mass is 319 g/mol. The van der Waals surface area contributed by atoms with Crippen molar-refractivity contribution < 1.29 is 17.9 Å². The highest BCUT2D eigenvalue weighted by Gasteiger charge is 2.24. The molecule has 0 radical (unpaired) electrons. The first-order valence-corrected chi connectivity index (χ1v) is 8.90. The van der Waals surface area contributed by atoms with Crippen LogP contribution in [-0.4, -0.2) is 68.5 Å². The van der Waals surface area contributed by atoms with E-state index in [0.717, 1.165) is 0 Å². The van der Waals surface area contributed by atoms with Gasteiger partial charge in [-0.15, -0.1) is 0 Å². The smallest absolute Gasteiger partial charge is 0.410 e. The minimum Gasteiger partial charge on any atom is -0.444 e. The van der Waals surface area contributed by atoms with E-state index >= 15 is 0 Å². The average molecular weight is 319 g/mol. The van der Waals surface area contributed by atoms with Crippen molar-refractivity contribution in [3.05, 3.63) is 0 Å². The largest absolute Gasteiger partial charge is 0.444 e. The van der Waals surface area contributed by atoms with Crippen LogP contribution in [0.5, 0.6) is 0 Å². The summed E-state index contributed by atoms with van der Waals surface area (Å²) in [5, 5.41) is 2.98. The summed E-state index contributed by atoms with van der Waals surface area (Å²) >= 11 is 0. The third kappa shape index (κ3) is 6.79. The molecule has 1 N–H and O–H groups in total. The molecule has 1 amide bonds. The summed E-state index contributed by atoms with van der Waals surface area (Å²) in [7, 11) is -3.00. The van der Waals surface area contributed by atoms with Gasteiger partial charge in [0.25, 0.3) is 0 Å². The maximum Gasteiger partial charge on any atom is 0.410 e. The van der Waals surface area contributed by atoms with Crippen LogP contribution < -0.4 is 5.32 Å². The lowest BCUT2D eigenvalue weighted by Gasteiger charge is -2.29. The second-order valence-electron chi connectivity index (χ2n) is 5.89. The van der Waals surface area contributed by atoms with Crippen LogP contribution >= 0.6 is 0 Å². The summed E-state index contributed by atoms with van der Waals surface area (Å²) in [5.74, 6) is 0.818. The molecule has 122 valence electrons. The third-order valence-corrected chi connectivity index (χ3v) is 4.55. The molecule has 1 aliphatic heterocycles. The van der Waals surface area contributed by atoms with Gasteiger partial charge in [-0.2, -0.15) is 0 Å². The quantitative estimate of drug-likeness (QED) is 0.822. The van der Waals surface area contributed by atoms with Crippen molar-refractivity contribution in [3.8, 4) is 0 Å². The lowest BCUT2D eigenvalue weighted by atomic mass is 10.2. The van der Waals surface area contributed by atoms with E-state index in [4.69, 9.17) is 4.74 Å². The van der Waals surface area contributed by atoms with E-state index in [1.54, 1.807) is 11.8 Å². The SMILES string of the molecule is CCS(=O)(=O)CCNC1=NCCN(C(=O)OC(C)(C)C)C1. The summed E-state index contributed by atoms with van der Waals surface area (Å²) in [6, 6.07) is 0. The molecule has 21 heavy (non-hydrogen) atoms. The molecule has 0 bridgehead atoms. The molecule has 0 aromatic rings. The molecule has 8 heteroatoms. The number of nitrogens with one attached hydrogen (secondary N) is 1. The lowest BCUT2D eigenvalue weighted by Crippen LogP contribution is -2.47. The summed E-state index contributed by atoms with van der Waals surface area (Å²) in [4.78, 5) is 17.8. The van der Waals surface area contributed by atoms with Gasteiger partial charge in [0.1, 0.15) is 11.4 Å². The van der Waals surface area contributed by atoms with Crippen molar-refractivity contribution in [1.82, 2.24) is 10.2 Å². The summed E-state index contributed by atoms with van der Waals surface area (Å²) in [6.45, 7) is 8.69. The normalized spacial score (nSPS) is 16.4. The number of amidine groups is 1. The molecule has 1 aliphatic rings. The second-order valence-corrected chi connectivity index (χ2v) is 8.37. The Morgan fingerprint density at radius 3 is 2.67 bits per heavy atom. The van der Waals surface area contributed by atoms with Crippen molar-refractivity contribution in [2.45, 2.75) is 33.3 Å². The van der Waals surface area contributed by atoms with Gasteiger partial charge in [-0.1, -0.05) is 6.92 Å². The molecule has 0 aliphatic carbocycles. The van der Waals surface area contributed by atoms with E-state index in [-0.39, 0.29) is 17.6 Å². The number of hydrogen-bond donors (Lipinski definition) is 1. The molecule has 0 aromatic carbocycles. The first-order valence-electron chi connectivity index (χ1n) is 7.08. The number of aliphatic imine (C=N–C) groups is 1. The lowest BCUT2D eigenvalue weighted by molar-refractivity contribution is 0.0276. The Kier molecular flexibility index (Phi) is 6.00. The van der Waals surface area contributed by atoms with Crippen LogP contribution in [0.3, 0.4) is 0 Å². The number of carbonyl (C=O) groups excluding carboxylic acids is 1. The molecule has 0 saturated heterocycles. The number of nitrogens with zero attached hydrogens (tertiary/aromatic N) is 2. The number of carbonyl (C=O) groups is 1. The van der Waals surface area contributed by atoms with E-state index < -0.39 is 15.4 Å². The minimum atomic E-state index is -3.00. The third-order valence-electron chi connectivity index (χ3n) is 2.85. The van der Waals surface area contributed by atoms with Gasteiger partial charge in [0.15, 0.2) is 9.84 Å². The Hall–Kier alpha value is -1.31. The van der Waals surface area contributed by atoms with Crippen LogP contribution in [0, 0.1) is 0 Å². The van der Waals surface area contributed by atoms with Crippen LogP contribution in [0.25, 0.3) is 0 Å². The molecular weight excluding hydrogens is 294 g/mol. The molecule has 1 heterocycles. The van der Waals surface area contributed by atoms with Crippen LogP contribution in [0.15, 0.2) is 4.99 Å². The van der Waals surface area contributed by atoms with E-state index in [1.165, 1.54) is 0 Å². The Balaban J connectivity index is 2.45. The maximum absolute atomic E-state index is 12.0. The Morgan fingerprint density at radius 1 is 1.43 bits per heavy atom. The number of sulfone groups is 1. The van der Waals surface area contributed by atoms with Crippen molar-refractivity contribution in [1.29, 1.82) is 0 Å². The van der Waals surface area contributed by atoms with Crippen molar-refractivity contribution in [2.75, 3.05) is 37.7 Å². The van der Waals surface area contributed by atoms with Gasteiger partial charge in [0, 0.05) is 18.8 Å². The Labute approximate surface area is 126 Å². The highest BCUT2D eigenvalue weighted by atomic mass is 32.2. The predicted molar refractivity (Wildman–Crippen MR) is 82.4 cm³/mol. The molecule has 7 nitrogen and oxygen atoms in total. The zero-order valence-corrected chi connectivity index (χ0v) is 14.0.